The Balaban J connectivity index is 2.65. The van der Waals surface area contributed by atoms with Crippen molar-refractivity contribution in [1.82, 2.24) is 4.90 Å². The van der Waals surface area contributed by atoms with E-state index in [4.69, 9.17) is 5.11 Å². The minimum atomic E-state index is -0.908. The SMILES string of the molecule is CCC(C(=O)O)N(C)CC(=O)Nc1ccc(C)cc1C. The molecule has 0 saturated carbocycles. The second-order valence-corrected chi connectivity index (χ2v) is 5.04. The Bertz CT molecular complexity index is 500. The molecule has 2 N–H and O–H groups in total. The fourth-order valence-electron chi connectivity index (χ4n) is 2.16. The second-order valence-electron chi connectivity index (χ2n) is 5.04. The van der Waals surface area contributed by atoms with E-state index in [2.05, 4.69) is 5.32 Å². The predicted molar refractivity (Wildman–Crippen MR) is 78.9 cm³/mol. The third-order valence-electron chi connectivity index (χ3n) is 3.25. The third-order valence-corrected chi connectivity index (χ3v) is 3.25. The van der Waals surface area contributed by atoms with Crippen molar-refractivity contribution in [3.63, 3.8) is 0 Å². The van der Waals surface area contributed by atoms with Crippen molar-refractivity contribution >= 4 is 17.6 Å². The van der Waals surface area contributed by atoms with E-state index in [9.17, 15) is 9.59 Å². The second kappa shape index (κ2) is 7.05. The Morgan fingerprint density at radius 3 is 2.50 bits per heavy atom. The zero-order valence-electron chi connectivity index (χ0n) is 12.4. The lowest BCUT2D eigenvalue weighted by molar-refractivity contribution is -0.143. The smallest absolute Gasteiger partial charge is 0.320 e. The average molecular weight is 278 g/mol. The Morgan fingerprint density at radius 1 is 1.35 bits per heavy atom. The number of carbonyl (C=O) groups is 2. The number of amides is 1. The standard InChI is InChI=1S/C15H22N2O3/c1-5-13(15(19)20)17(4)9-14(18)16-12-7-6-10(2)8-11(12)3/h6-8,13H,5,9H2,1-4H3,(H,16,18)(H,19,20). The molecule has 20 heavy (non-hydrogen) atoms. The van der Waals surface area contributed by atoms with E-state index in [-0.39, 0.29) is 12.5 Å². The monoisotopic (exact) mass is 278 g/mol. The number of nitrogens with zero attached hydrogens (tertiary/aromatic N) is 1. The number of carboxylic acid groups (broad SMARTS) is 1. The summed E-state index contributed by atoms with van der Waals surface area (Å²) in [7, 11) is 1.64. The van der Waals surface area contributed by atoms with Gasteiger partial charge in [-0.15, -0.1) is 0 Å². The summed E-state index contributed by atoms with van der Waals surface area (Å²) in [5.74, 6) is -1.12. The average Bonchev–Trinajstić information content (AvgIpc) is 2.33. The molecule has 0 bridgehead atoms. The van der Waals surface area contributed by atoms with E-state index in [0.29, 0.717) is 6.42 Å². The summed E-state index contributed by atoms with van der Waals surface area (Å²) >= 11 is 0. The van der Waals surface area contributed by atoms with E-state index in [1.54, 1.807) is 18.9 Å². The number of carboxylic acids is 1. The molecule has 0 spiro atoms. The lowest BCUT2D eigenvalue weighted by Crippen LogP contribution is -2.42. The Kier molecular flexibility index (Phi) is 5.70. The van der Waals surface area contributed by atoms with Crippen LogP contribution in [0.1, 0.15) is 24.5 Å². The van der Waals surface area contributed by atoms with Crippen molar-refractivity contribution in [3.8, 4) is 0 Å². The highest BCUT2D eigenvalue weighted by molar-refractivity contribution is 5.93. The van der Waals surface area contributed by atoms with Crippen LogP contribution in [0.15, 0.2) is 18.2 Å². The van der Waals surface area contributed by atoms with Crippen LogP contribution < -0.4 is 5.32 Å². The molecule has 0 aliphatic carbocycles. The summed E-state index contributed by atoms with van der Waals surface area (Å²) in [5, 5.41) is 11.9. The lowest BCUT2D eigenvalue weighted by atomic mass is 10.1. The molecular weight excluding hydrogens is 256 g/mol. The van der Waals surface area contributed by atoms with E-state index >= 15 is 0 Å². The molecule has 110 valence electrons. The summed E-state index contributed by atoms with van der Waals surface area (Å²) in [6.07, 6.45) is 0.461. The van der Waals surface area contributed by atoms with E-state index < -0.39 is 12.0 Å². The van der Waals surface area contributed by atoms with Gasteiger partial charge in [0.1, 0.15) is 6.04 Å². The van der Waals surface area contributed by atoms with Crippen LogP contribution in [0.25, 0.3) is 0 Å². The van der Waals surface area contributed by atoms with Crippen LogP contribution in [-0.2, 0) is 9.59 Å². The molecule has 0 aliphatic rings. The molecule has 1 amide bonds. The quantitative estimate of drug-likeness (QED) is 0.835. The summed E-state index contributed by atoms with van der Waals surface area (Å²) in [5.41, 5.74) is 2.89. The fourth-order valence-corrected chi connectivity index (χ4v) is 2.16. The Hall–Kier alpha value is -1.88. The molecule has 0 saturated heterocycles. The molecule has 0 fully saturated rings. The number of aryl methyl sites for hydroxylation is 2. The van der Waals surface area contributed by atoms with Crippen LogP contribution in [0.5, 0.6) is 0 Å². The summed E-state index contributed by atoms with van der Waals surface area (Å²) < 4.78 is 0. The molecule has 1 aromatic carbocycles. The van der Waals surface area contributed by atoms with Crippen LogP contribution in [0.4, 0.5) is 5.69 Å². The van der Waals surface area contributed by atoms with Gasteiger partial charge in [-0.3, -0.25) is 14.5 Å². The fraction of sp³-hybridized carbons (Fsp3) is 0.467. The molecule has 0 radical (unpaired) electrons. The molecule has 1 atom stereocenters. The first kappa shape index (κ1) is 16.2. The molecule has 5 heteroatoms. The van der Waals surface area contributed by atoms with Crippen molar-refractivity contribution in [1.29, 1.82) is 0 Å². The van der Waals surface area contributed by atoms with E-state index in [0.717, 1.165) is 16.8 Å². The lowest BCUT2D eigenvalue weighted by Gasteiger charge is -2.22. The number of benzene rings is 1. The molecule has 1 aromatic rings. The van der Waals surface area contributed by atoms with Gasteiger partial charge in [0.25, 0.3) is 0 Å². The van der Waals surface area contributed by atoms with Gasteiger partial charge in [-0.05, 0) is 38.9 Å². The summed E-state index contributed by atoms with van der Waals surface area (Å²) in [6.45, 7) is 5.76. The highest BCUT2D eigenvalue weighted by Crippen LogP contribution is 2.16. The number of aliphatic carboxylic acids is 1. The predicted octanol–water partition coefficient (Wildman–Crippen LogP) is 2.04. The highest BCUT2D eigenvalue weighted by atomic mass is 16.4. The number of hydrogen-bond acceptors (Lipinski definition) is 3. The maximum atomic E-state index is 12.0. The van der Waals surface area contributed by atoms with Gasteiger partial charge in [0.2, 0.25) is 5.91 Å². The Morgan fingerprint density at radius 2 is 2.00 bits per heavy atom. The van der Waals surface area contributed by atoms with Gasteiger partial charge in [-0.25, -0.2) is 0 Å². The van der Waals surface area contributed by atoms with Crippen LogP contribution in [0.2, 0.25) is 0 Å². The first-order valence-corrected chi connectivity index (χ1v) is 6.65. The van der Waals surface area contributed by atoms with E-state index in [1.165, 1.54) is 0 Å². The van der Waals surface area contributed by atoms with Gasteiger partial charge in [-0.2, -0.15) is 0 Å². The molecule has 0 aromatic heterocycles. The number of likely N-dealkylation sites (N-methyl/N-ethyl adjacent to an activating group) is 1. The maximum Gasteiger partial charge on any atom is 0.320 e. The molecule has 0 aliphatic heterocycles. The largest absolute Gasteiger partial charge is 0.480 e. The summed E-state index contributed by atoms with van der Waals surface area (Å²) in [4.78, 5) is 24.5. The number of carbonyl (C=O) groups excluding carboxylic acids is 1. The van der Waals surface area contributed by atoms with Gasteiger partial charge in [0.15, 0.2) is 0 Å². The zero-order chi connectivity index (χ0) is 15.3. The Labute approximate surface area is 119 Å². The molecule has 0 heterocycles. The number of rotatable bonds is 6. The normalized spacial score (nSPS) is 12.2. The van der Waals surface area contributed by atoms with Crippen LogP contribution in [0.3, 0.4) is 0 Å². The van der Waals surface area contributed by atoms with Gasteiger partial charge in [0, 0.05) is 5.69 Å². The van der Waals surface area contributed by atoms with Gasteiger partial charge < -0.3 is 10.4 Å². The van der Waals surface area contributed by atoms with Crippen molar-refractivity contribution in [2.45, 2.75) is 33.2 Å². The number of anilines is 1. The van der Waals surface area contributed by atoms with Crippen molar-refractivity contribution in [2.75, 3.05) is 18.9 Å². The minimum absolute atomic E-state index is 0.0537. The van der Waals surface area contributed by atoms with Gasteiger partial charge in [-0.1, -0.05) is 24.6 Å². The van der Waals surface area contributed by atoms with Crippen LogP contribution >= 0.6 is 0 Å². The van der Waals surface area contributed by atoms with Gasteiger partial charge in [0.05, 0.1) is 6.54 Å². The topological polar surface area (TPSA) is 69.6 Å². The maximum absolute atomic E-state index is 12.0. The highest BCUT2D eigenvalue weighted by Gasteiger charge is 2.22. The molecule has 5 nitrogen and oxygen atoms in total. The van der Waals surface area contributed by atoms with Crippen LogP contribution in [-0.4, -0.2) is 41.5 Å². The first-order chi connectivity index (χ1) is 9.35. The number of hydrogen-bond donors (Lipinski definition) is 2. The first-order valence-electron chi connectivity index (χ1n) is 6.65. The van der Waals surface area contributed by atoms with Crippen molar-refractivity contribution in [3.05, 3.63) is 29.3 Å². The van der Waals surface area contributed by atoms with Gasteiger partial charge >= 0.3 is 5.97 Å². The zero-order valence-corrected chi connectivity index (χ0v) is 12.4. The molecule has 1 unspecified atom stereocenters. The minimum Gasteiger partial charge on any atom is -0.480 e. The third kappa shape index (κ3) is 4.35. The summed E-state index contributed by atoms with van der Waals surface area (Å²) in [6, 6.07) is 5.14. The van der Waals surface area contributed by atoms with Crippen molar-refractivity contribution in [2.24, 2.45) is 0 Å². The number of nitrogens with one attached hydrogen (secondary N) is 1. The van der Waals surface area contributed by atoms with Crippen LogP contribution in [0, 0.1) is 13.8 Å². The molecule has 1 rings (SSSR count). The molecular formula is C15H22N2O3. The van der Waals surface area contributed by atoms with E-state index in [1.807, 2.05) is 32.0 Å². The van der Waals surface area contributed by atoms with Crippen molar-refractivity contribution < 1.29 is 14.7 Å².